The summed E-state index contributed by atoms with van der Waals surface area (Å²) in [4.78, 5) is 14.1. The van der Waals surface area contributed by atoms with Crippen LogP contribution >= 0.6 is 0 Å². The molecule has 0 atom stereocenters. The normalized spacial score (nSPS) is 13.7. The largest absolute Gasteiger partial charge is 0.493 e. The number of hydrogen-bond acceptors (Lipinski definition) is 4. The number of nitrogens with zero attached hydrogens (tertiary/aromatic N) is 2. The smallest absolute Gasteiger partial charge is 0.223 e. The first-order valence-corrected chi connectivity index (χ1v) is 8.05. The number of ether oxygens (including phenoxy) is 1. The van der Waals surface area contributed by atoms with Crippen molar-refractivity contribution in [1.82, 2.24) is 10.1 Å². The lowest BCUT2D eigenvalue weighted by Gasteiger charge is -2.25. The van der Waals surface area contributed by atoms with Gasteiger partial charge in [0.1, 0.15) is 5.75 Å². The third-order valence-electron chi connectivity index (χ3n) is 4.27. The highest BCUT2D eigenvalue weighted by Crippen LogP contribution is 2.22. The molecule has 0 N–H and O–H groups in total. The van der Waals surface area contributed by atoms with Gasteiger partial charge < -0.3 is 14.2 Å². The van der Waals surface area contributed by atoms with Gasteiger partial charge in [0.25, 0.3) is 0 Å². The Morgan fingerprint density at radius 3 is 3.00 bits per heavy atom. The van der Waals surface area contributed by atoms with Gasteiger partial charge in [-0.25, -0.2) is 0 Å². The highest BCUT2D eigenvalue weighted by molar-refractivity contribution is 5.76. The Kier molecular flexibility index (Phi) is 4.65. The number of aromatic nitrogens is 1. The molecule has 23 heavy (non-hydrogen) atoms. The summed E-state index contributed by atoms with van der Waals surface area (Å²) in [5.74, 6) is 1.87. The van der Waals surface area contributed by atoms with Crippen LogP contribution in [0.2, 0.25) is 0 Å². The molecule has 122 valence electrons. The Hall–Kier alpha value is -2.30. The molecule has 2 aromatic rings. The Balaban J connectivity index is 1.44. The lowest BCUT2D eigenvalue weighted by Crippen LogP contribution is -2.35. The van der Waals surface area contributed by atoms with Gasteiger partial charge in [-0.3, -0.25) is 4.79 Å². The predicted molar refractivity (Wildman–Crippen MR) is 86.3 cm³/mol. The molecule has 1 aromatic carbocycles. The number of aryl methyl sites for hydroxylation is 2. The second kappa shape index (κ2) is 6.86. The van der Waals surface area contributed by atoms with Crippen molar-refractivity contribution in [2.24, 2.45) is 0 Å². The standard InChI is InChI=1S/C18H22N2O3/c1-13-6-3-4-7-16(13)22-11-5-8-18(21)20-10-9-15-14(2)19-23-17(15)12-20/h3-4,6-7H,5,8-12H2,1-2H3. The van der Waals surface area contributed by atoms with Crippen molar-refractivity contribution >= 4 is 5.91 Å². The van der Waals surface area contributed by atoms with E-state index in [-0.39, 0.29) is 5.91 Å². The second-order valence-electron chi connectivity index (χ2n) is 5.95. The average molecular weight is 314 g/mol. The van der Waals surface area contributed by atoms with Crippen molar-refractivity contribution < 1.29 is 14.1 Å². The van der Waals surface area contributed by atoms with E-state index in [0.717, 1.165) is 41.3 Å². The summed E-state index contributed by atoms with van der Waals surface area (Å²) in [5, 5.41) is 3.98. The molecule has 1 aliphatic heterocycles. The summed E-state index contributed by atoms with van der Waals surface area (Å²) in [6.45, 7) is 5.80. The van der Waals surface area contributed by atoms with Gasteiger partial charge in [0.05, 0.1) is 18.8 Å². The number of benzene rings is 1. The van der Waals surface area contributed by atoms with Crippen LogP contribution in [-0.2, 0) is 17.8 Å². The maximum absolute atomic E-state index is 12.3. The molecule has 1 aliphatic rings. The molecule has 0 spiro atoms. The Morgan fingerprint density at radius 2 is 2.17 bits per heavy atom. The van der Waals surface area contributed by atoms with Crippen molar-refractivity contribution in [3.8, 4) is 5.75 Å². The van der Waals surface area contributed by atoms with E-state index in [0.29, 0.717) is 26.0 Å². The molecule has 0 aliphatic carbocycles. The van der Waals surface area contributed by atoms with E-state index in [1.165, 1.54) is 0 Å². The van der Waals surface area contributed by atoms with Gasteiger partial charge in [0.15, 0.2) is 5.76 Å². The molecule has 2 heterocycles. The monoisotopic (exact) mass is 314 g/mol. The quantitative estimate of drug-likeness (QED) is 0.796. The minimum absolute atomic E-state index is 0.151. The summed E-state index contributed by atoms with van der Waals surface area (Å²) < 4.78 is 11.0. The lowest BCUT2D eigenvalue weighted by molar-refractivity contribution is -0.132. The number of fused-ring (bicyclic) bond motifs is 1. The minimum Gasteiger partial charge on any atom is -0.493 e. The van der Waals surface area contributed by atoms with E-state index in [1.807, 2.05) is 43.0 Å². The third-order valence-corrected chi connectivity index (χ3v) is 4.27. The van der Waals surface area contributed by atoms with Crippen molar-refractivity contribution in [3.05, 3.63) is 46.8 Å². The SMILES string of the molecule is Cc1ccccc1OCCCC(=O)N1CCc2c(C)noc2C1. The van der Waals surface area contributed by atoms with Crippen molar-refractivity contribution in [1.29, 1.82) is 0 Å². The zero-order chi connectivity index (χ0) is 16.2. The molecule has 5 heteroatoms. The van der Waals surface area contributed by atoms with E-state index < -0.39 is 0 Å². The fourth-order valence-electron chi connectivity index (χ4n) is 2.87. The molecule has 0 bridgehead atoms. The molecule has 1 amide bonds. The topological polar surface area (TPSA) is 55.6 Å². The highest BCUT2D eigenvalue weighted by atomic mass is 16.5. The molecule has 0 saturated carbocycles. The van der Waals surface area contributed by atoms with E-state index >= 15 is 0 Å². The molecule has 0 unspecified atom stereocenters. The Bertz CT molecular complexity index is 693. The number of amides is 1. The van der Waals surface area contributed by atoms with Gasteiger partial charge in [0.2, 0.25) is 5.91 Å². The fourth-order valence-corrected chi connectivity index (χ4v) is 2.87. The van der Waals surface area contributed by atoms with E-state index in [4.69, 9.17) is 9.26 Å². The van der Waals surface area contributed by atoms with Gasteiger partial charge in [0, 0.05) is 18.5 Å². The Morgan fingerprint density at radius 1 is 1.35 bits per heavy atom. The first kappa shape index (κ1) is 15.6. The van der Waals surface area contributed by atoms with Gasteiger partial charge in [-0.15, -0.1) is 0 Å². The van der Waals surface area contributed by atoms with Crippen LogP contribution < -0.4 is 4.74 Å². The van der Waals surface area contributed by atoms with Crippen LogP contribution in [0.5, 0.6) is 5.75 Å². The van der Waals surface area contributed by atoms with Crippen LogP contribution in [0.1, 0.15) is 35.4 Å². The predicted octanol–water partition coefficient (Wildman–Crippen LogP) is 3.04. The number of para-hydroxylation sites is 1. The van der Waals surface area contributed by atoms with Crippen molar-refractivity contribution in [2.75, 3.05) is 13.2 Å². The molecule has 0 radical (unpaired) electrons. The number of carbonyl (C=O) groups excluding carboxylic acids is 1. The third kappa shape index (κ3) is 3.55. The zero-order valence-electron chi connectivity index (χ0n) is 13.7. The minimum atomic E-state index is 0.151. The summed E-state index contributed by atoms with van der Waals surface area (Å²) in [5.41, 5.74) is 3.22. The van der Waals surface area contributed by atoms with Gasteiger partial charge in [-0.1, -0.05) is 23.4 Å². The van der Waals surface area contributed by atoms with E-state index in [9.17, 15) is 4.79 Å². The maximum Gasteiger partial charge on any atom is 0.223 e. The zero-order valence-corrected chi connectivity index (χ0v) is 13.7. The van der Waals surface area contributed by atoms with Crippen LogP contribution in [0.25, 0.3) is 0 Å². The van der Waals surface area contributed by atoms with Crippen molar-refractivity contribution in [2.45, 2.75) is 39.7 Å². The molecule has 0 saturated heterocycles. The van der Waals surface area contributed by atoms with Gasteiger partial charge >= 0.3 is 0 Å². The van der Waals surface area contributed by atoms with Crippen LogP contribution in [0, 0.1) is 13.8 Å². The highest BCUT2D eigenvalue weighted by Gasteiger charge is 2.25. The fraction of sp³-hybridized carbons (Fsp3) is 0.444. The van der Waals surface area contributed by atoms with E-state index in [2.05, 4.69) is 5.16 Å². The number of hydrogen-bond donors (Lipinski definition) is 0. The molecule has 1 aromatic heterocycles. The maximum atomic E-state index is 12.3. The first-order valence-electron chi connectivity index (χ1n) is 8.05. The second-order valence-corrected chi connectivity index (χ2v) is 5.95. The molecule has 5 nitrogen and oxygen atoms in total. The summed E-state index contributed by atoms with van der Waals surface area (Å²) in [6.07, 6.45) is 2.04. The average Bonchev–Trinajstić information content (AvgIpc) is 2.93. The number of carbonyl (C=O) groups is 1. The molecule has 0 fully saturated rings. The van der Waals surface area contributed by atoms with Crippen LogP contribution in [0.15, 0.2) is 28.8 Å². The van der Waals surface area contributed by atoms with Gasteiger partial charge in [-0.2, -0.15) is 0 Å². The van der Waals surface area contributed by atoms with Crippen LogP contribution in [0.4, 0.5) is 0 Å². The summed E-state index contributed by atoms with van der Waals surface area (Å²) in [6, 6.07) is 7.92. The van der Waals surface area contributed by atoms with Gasteiger partial charge in [-0.05, 0) is 38.3 Å². The number of rotatable bonds is 5. The van der Waals surface area contributed by atoms with Crippen LogP contribution in [-0.4, -0.2) is 29.1 Å². The van der Waals surface area contributed by atoms with Crippen molar-refractivity contribution in [3.63, 3.8) is 0 Å². The Labute approximate surface area is 136 Å². The summed E-state index contributed by atoms with van der Waals surface area (Å²) >= 11 is 0. The molecule has 3 rings (SSSR count). The molecular formula is C18H22N2O3. The van der Waals surface area contributed by atoms with Crippen LogP contribution in [0.3, 0.4) is 0 Å². The molecular weight excluding hydrogens is 292 g/mol. The van der Waals surface area contributed by atoms with E-state index in [1.54, 1.807) is 0 Å². The lowest BCUT2D eigenvalue weighted by atomic mass is 10.1. The first-order chi connectivity index (χ1) is 11.1. The summed E-state index contributed by atoms with van der Waals surface area (Å²) in [7, 11) is 0.